The lowest BCUT2D eigenvalue weighted by Crippen LogP contribution is -2.23. The first-order valence-electron chi connectivity index (χ1n) is 6.22. The summed E-state index contributed by atoms with van der Waals surface area (Å²) in [5, 5.41) is 9.58. The largest absolute Gasteiger partial charge is 0.417 e. The number of aryl methyl sites for hydroxylation is 1. The van der Waals surface area contributed by atoms with E-state index in [1.54, 1.807) is 18.5 Å². The summed E-state index contributed by atoms with van der Waals surface area (Å²) in [4.78, 5) is 15.6. The molecule has 1 atom stereocenters. The molecule has 0 aliphatic heterocycles. The zero-order valence-corrected chi connectivity index (χ0v) is 13.5. The third-order valence-corrected chi connectivity index (χ3v) is 4.17. The van der Waals surface area contributed by atoms with Crippen molar-refractivity contribution >= 4 is 35.1 Å². The van der Waals surface area contributed by atoms with Crippen LogP contribution in [0.4, 0.5) is 19.0 Å². The van der Waals surface area contributed by atoms with Gasteiger partial charge < -0.3 is 9.88 Å². The van der Waals surface area contributed by atoms with Crippen LogP contribution in [0.1, 0.15) is 12.5 Å². The average Bonchev–Trinajstić information content (AvgIpc) is 2.85. The van der Waals surface area contributed by atoms with Gasteiger partial charge in [0.15, 0.2) is 11.0 Å². The number of alkyl halides is 3. The number of hydrogen-bond acceptors (Lipinski definition) is 5. The minimum atomic E-state index is -4.55. The average molecular weight is 366 g/mol. The zero-order valence-electron chi connectivity index (χ0n) is 11.9. The van der Waals surface area contributed by atoms with Crippen LogP contribution in [0.15, 0.2) is 23.7 Å². The van der Waals surface area contributed by atoms with Gasteiger partial charge in [-0.2, -0.15) is 13.2 Å². The van der Waals surface area contributed by atoms with Gasteiger partial charge in [-0.05, 0) is 13.0 Å². The molecular formula is C12H11ClF3N5OS. The molecule has 2 aromatic heterocycles. The van der Waals surface area contributed by atoms with Crippen LogP contribution in [0.5, 0.6) is 0 Å². The van der Waals surface area contributed by atoms with Crippen molar-refractivity contribution in [3.05, 3.63) is 29.2 Å². The topological polar surface area (TPSA) is 72.7 Å². The number of halogens is 4. The molecule has 124 valence electrons. The van der Waals surface area contributed by atoms with Gasteiger partial charge in [-0.25, -0.2) is 4.98 Å². The molecule has 0 radical (unpaired) electrons. The SMILES string of the molecule is C[C@@H](Sc1nncn1C)C(=O)Nc1ncc(C(F)(F)F)cc1Cl. The Morgan fingerprint density at radius 1 is 1.48 bits per heavy atom. The van der Waals surface area contributed by atoms with E-state index in [9.17, 15) is 18.0 Å². The quantitative estimate of drug-likeness (QED) is 0.843. The second-order valence-electron chi connectivity index (χ2n) is 4.53. The zero-order chi connectivity index (χ0) is 17.2. The molecule has 0 unspecified atom stereocenters. The standard InChI is InChI=1S/C12H11ClF3N5OS/c1-6(23-11-20-18-5-21(11)2)10(22)19-9-8(13)3-7(4-17-9)12(14,15)16/h3-6H,1-2H3,(H,17,19,22)/t6-/m1/s1. The Labute approximate surface area is 138 Å². The Morgan fingerprint density at radius 3 is 2.70 bits per heavy atom. The van der Waals surface area contributed by atoms with Crippen LogP contribution in [-0.4, -0.2) is 30.9 Å². The molecule has 0 bridgehead atoms. The third-order valence-electron chi connectivity index (χ3n) is 2.73. The van der Waals surface area contributed by atoms with Gasteiger partial charge >= 0.3 is 6.18 Å². The summed E-state index contributed by atoms with van der Waals surface area (Å²) in [6, 6.07) is 0.713. The Kier molecular flexibility index (Phi) is 5.15. The number of amides is 1. The van der Waals surface area contributed by atoms with Gasteiger partial charge in [-0.15, -0.1) is 10.2 Å². The third kappa shape index (κ3) is 4.35. The van der Waals surface area contributed by atoms with Crippen molar-refractivity contribution in [2.75, 3.05) is 5.32 Å². The second kappa shape index (κ2) is 6.75. The highest BCUT2D eigenvalue weighted by molar-refractivity contribution is 8.00. The van der Waals surface area contributed by atoms with Crippen LogP contribution in [0.2, 0.25) is 5.02 Å². The minimum absolute atomic E-state index is 0.130. The molecule has 2 heterocycles. The highest BCUT2D eigenvalue weighted by atomic mass is 35.5. The van der Waals surface area contributed by atoms with Crippen LogP contribution >= 0.6 is 23.4 Å². The lowest BCUT2D eigenvalue weighted by Gasteiger charge is -2.13. The van der Waals surface area contributed by atoms with Crippen molar-refractivity contribution in [3.63, 3.8) is 0 Å². The molecule has 0 aliphatic rings. The summed E-state index contributed by atoms with van der Waals surface area (Å²) in [5.74, 6) is -0.595. The molecule has 0 fully saturated rings. The molecule has 6 nitrogen and oxygen atoms in total. The summed E-state index contributed by atoms with van der Waals surface area (Å²) in [7, 11) is 1.72. The lowest BCUT2D eigenvalue weighted by molar-refractivity contribution is -0.137. The highest BCUT2D eigenvalue weighted by Gasteiger charge is 2.31. The van der Waals surface area contributed by atoms with E-state index in [4.69, 9.17) is 11.6 Å². The van der Waals surface area contributed by atoms with Crippen molar-refractivity contribution in [2.24, 2.45) is 7.05 Å². The number of pyridine rings is 1. The number of rotatable bonds is 4. The fourth-order valence-corrected chi connectivity index (χ4v) is 2.50. The molecule has 0 saturated heterocycles. The first kappa shape index (κ1) is 17.5. The number of carbonyl (C=O) groups excluding carboxylic acids is 1. The van der Waals surface area contributed by atoms with Crippen molar-refractivity contribution in [1.29, 1.82) is 0 Å². The molecule has 1 N–H and O–H groups in total. The van der Waals surface area contributed by atoms with E-state index in [-0.39, 0.29) is 10.8 Å². The summed E-state index contributed by atoms with van der Waals surface area (Å²) in [5.41, 5.74) is -0.984. The molecule has 2 aromatic rings. The van der Waals surface area contributed by atoms with Crippen LogP contribution < -0.4 is 5.32 Å². The molecule has 23 heavy (non-hydrogen) atoms. The summed E-state index contributed by atoms with van der Waals surface area (Å²) in [6.45, 7) is 1.62. The molecular weight excluding hydrogens is 355 g/mol. The van der Waals surface area contributed by atoms with Crippen LogP contribution in [0.3, 0.4) is 0 Å². The van der Waals surface area contributed by atoms with Crippen LogP contribution in [0, 0.1) is 0 Å². The van der Waals surface area contributed by atoms with E-state index in [2.05, 4.69) is 20.5 Å². The first-order chi connectivity index (χ1) is 10.7. The van der Waals surface area contributed by atoms with Gasteiger partial charge in [0.1, 0.15) is 6.33 Å². The van der Waals surface area contributed by atoms with Crippen LogP contribution in [-0.2, 0) is 18.0 Å². The Bertz CT molecular complexity index is 721. The maximum atomic E-state index is 12.5. The number of thioether (sulfide) groups is 1. The summed E-state index contributed by atoms with van der Waals surface area (Å²) < 4.78 is 39.2. The summed E-state index contributed by atoms with van der Waals surface area (Å²) >= 11 is 6.89. The number of hydrogen-bond donors (Lipinski definition) is 1. The number of nitrogens with zero attached hydrogens (tertiary/aromatic N) is 4. The van der Waals surface area contributed by atoms with Gasteiger partial charge in [0, 0.05) is 13.2 Å². The van der Waals surface area contributed by atoms with E-state index in [1.165, 1.54) is 6.33 Å². The van der Waals surface area contributed by atoms with E-state index >= 15 is 0 Å². The molecule has 11 heteroatoms. The molecule has 0 aromatic carbocycles. The minimum Gasteiger partial charge on any atom is -0.312 e. The smallest absolute Gasteiger partial charge is 0.312 e. The van der Waals surface area contributed by atoms with Crippen molar-refractivity contribution in [1.82, 2.24) is 19.7 Å². The molecule has 0 aliphatic carbocycles. The molecule has 2 rings (SSSR count). The molecule has 0 saturated carbocycles. The van der Waals surface area contributed by atoms with Crippen molar-refractivity contribution < 1.29 is 18.0 Å². The fourth-order valence-electron chi connectivity index (χ4n) is 1.49. The fraction of sp³-hybridized carbons (Fsp3) is 0.333. The van der Waals surface area contributed by atoms with E-state index < -0.39 is 22.9 Å². The highest BCUT2D eigenvalue weighted by Crippen LogP contribution is 2.32. The molecule has 1 amide bonds. The predicted octanol–water partition coefficient (Wildman–Crippen LogP) is 3.00. The van der Waals surface area contributed by atoms with Gasteiger partial charge in [0.05, 0.1) is 15.8 Å². The van der Waals surface area contributed by atoms with Crippen LogP contribution in [0.25, 0.3) is 0 Å². The van der Waals surface area contributed by atoms with E-state index in [0.717, 1.165) is 11.8 Å². The number of aromatic nitrogens is 4. The Balaban J connectivity index is 2.06. The second-order valence-corrected chi connectivity index (χ2v) is 6.24. The maximum Gasteiger partial charge on any atom is 0.417 e. The van der Waals surface area contributed by atoms with Gasteiger partial charge in [-0.1, -0.05) is 23.4 Å². The Hall–Kier alpha value is -1.81. The first-order valence-corrected chi connectivity index (χ1v) is 7.48. The lowest BCUT2D eigenvalue weighted by atomic mass is 10.2. The van der Waals surface area contributed by atoms with Crippen molar-refractivity contribution in [3.8, 4) is 0 Å². The van der Waals surface area contributed by atoms with E-state index in [0.29, 0.717) is 17.4 Å². The Morgan fingerprint density at radius 2 is 2.17 bits per heavy atom. The van der Waals surface area contributed by atoms with E-state index in [1.807, 2.05) is 0 Å². The number of carbonyl (C=O) groups is 1. The summed E-state index contributed by atoms with van der Waals surface area (Å²) in [6.07, 6.45) is -2.45. The van der Waals surface area contributed by atoms with Gasteiger partial charge in [0.25, 0.3) is 0 Å². The predicted molar refractivity (Wildman–Crippen MR) is 79.2 cm³/mol. The van der Waals surface area contributed by atoms with Crippen molar-refractivity contribution in [2.45, 2.75) is 23.5 Å². The number of nitrogens with one attached hydrogen (secondary N) is 1. The van der Waals surface area contributed by atoms with Gasteiger partial charge in [0.2, 0.25) is 5.91 Å². The normalized spacial score (nSPS) is 13.0. The number of anilines is 1. The maximum absolute atomic E-state index is 12.5. The van der Waals surface area contributed by atoms with Gasteiger partial charge in [-0.3, -0.25) is 4.79 Å². The molecule has 0 spiro atoms. The monoisotopic (exact) mass is 365 g/mol.